The van der Waals surface area contributed by atoms with Crippen molar-refractivity contribution in [3.05, 3.63) is 35.9 Å². The summed E-state index contributed by atoms with van der Waals surface area (Å²) >= 11 is 0. The molecule has 0 aliphatic heterocycles. The van der Waals surface area contributed by atoms with Gasteiger partial charge in [0.1, 0.15) is 5.54 Å². The first-order valence-electron chi connectivity index (χ1n) is 7.80. The molecule has 0 bridgehead atoms. The lowest BCUT2D eigenvalue weighted by molar-refractivity contribution is -0.146. The number of carbonyl (C=O) groups is 1. The number of carboxylic acid groups (broad SMARTS) is 1. The Bertz CT molecular complexity index is 445. The van der Waals surface area contributed by atoms with Crippen LogP contribution in [0, 0.1) is 5.92 Å². The molecule has 21 heavy (non-hydrogen) atoms. The molecule has 0 aromatic heterocycles. The van der Waals surface area contributed by atoms with Crippen LogP contribution in [0.25, 0.3) is 0 Å². The summed E-state index contributed by atoms with van der Waals surface area (Å²) in [7, 11) is 0. The van der Waals surface area contributed by atoms with Gasteiger partial charge in [-0.15, -0.1) is 0 Å². The van der Waals surface area contributed by atoms with Crippen molar-refractivity contribution < 1.29 is 14.6 Å². The molecule has 0 amide bonds. The molecule has 4 nitrogen and oxygen atoms in total. The highest BCUT2D eigenvalue weighted by Gasteiger charge is 2.39. The number of nitrogens with one attached hydrogen (secondary N) is 1. The molecule has 4 heteroatoms. The molecular weight excluding hydrogens is 266 g/mol. The van der Waals surface area contributed by atoms with E-state index in [1.165, 1.54) is 12.8 Å². The molecule has 2 N–H and O–H groups in total. The smallest absolute Gasteiger partial charge is 0.328 e. The zero-order valence-corrected chi connectivity index (χ0v) is 12.7. The molecule has 0 radical (unpaired) electrons. The van der Waals surface area contributed by atoms with Crippen molar-refractivity contribution in [2.75, 3.05) is 19.8 Å². The lowest BCUT2D eigenvalue weighted by atomic mass is 9.86. The third-order valence-electron chi connectivity index (χ3n) is 3.98. The molecule has 0 saturated heterocycles. The highest BCUT2D eigenvalue weighted by molar-refractivity contribution is 5.80. The highest BCUT2D eigenvalue weighted by atomic mass is 16.5. The van der Waals surface area contributed by atoms with Crippen molar-refractivity contribution in [2.45, 2.75) is 38.1 Å². The summed E-state index contributed by atoms with van der Waals surface area (Å²) in [6, 6.07) is 9.41. The van der Waals surface area contributed by atoms with Crippen LogP contribution in [0.15, 0.2) is 30.3 Å². The topological polar surface area (TPSA) is 58.6 Å². The number of carboxylic acids is 1. The van der Waals surface area contributed by atoms with Gasteiger partial charge < -0.3 is 9.84 Å². The van der Waals surface area contributed by atoms with E-state index in [0.29, 0.717) is 25.5 Å². The highest BCUT2D eigenvalue weighted by Crippen LogP contribution is 2.30. The van der Waals surface area contributed by atoms with E-state index in [4.69, 9.17) is 4.74 Å². The minimum Gasteiger partial charge on any atom is -0.480 e. The minimum absolute atomic E-state index is 0.444. The largest absolute Gasteiger partial charge is 0.480 e. The normalized spacial score (nSPS) is 17.4. The summed E-state index contributed by atoms with van der Waals surface area (Å²) in [5, 5.41) is 13.0. The van der Waals surface area contributed by atoms with Crippen molar-refractivity contribution in [3.8, 4) is 0 Å². The molecule has 1 saturated carbocycles. The van der Waals surface area contributed by atoms with Gasteiger partial charge in [-0.05, 0) is 37.3 Å². The molecule has 0 spiro atoms. The Kier molecular flexibility index (Phi) is 5.76. The monoisotopic (exact) mass is 291 g/mol. The third-order valence-corrected chi connectivity index (χ3v) is 3.98. The quantitative estimate of drug-likeness (QED) is 0.651. The van der Waals surface area contributed by atoms with E-state index in [1.54, 1.807) is 0 Å². The fraction of sp³-hybridized carbons (Fsp3) is 0.588. The second kappa shape index (κ2) is 7.57. The standard InChI is InChI=1S/C17H25NO3/c1-2-11-18-17(16(19)20,15-6-4-3-5-7-15)10-12-21-13-14-8-9-14/h3-7,14,18H,2,8-13H2,1H3,(H,19,20). The molecule has 1 fully saturated rings. The van der Waals surface area contributed by atoms with Crippen LogP contribution in [0.3, 0.4) is 0 Å². The van der Waals surface area contributed by atoms with Crippen molar-refractivity contribution in [1.29, 1.82) is 0 Å². The van der Waals surface area contributed by atoms with Crippen LogP contribution in [-0.2, 0) is 15.1 Å². The molecule has 0 heterocycles. The van der Waals surface area contributed by atoms with Crippen LogP contribution in [-0.4, -0.2) is 30.8 Å². The number of rotatable bonds is 10. The van der Waals surface area contributed by atoms with Gasteiger partial charge in [0, 0.05) is 19.6 Å². The SMILES string of the molecule is CCCNC(CCOCC1CC1)(C(=O)O)c1ccccc1. The summed E-state index contributed by atoms with van der Waals surface area (Å²) in [5.74, 6) is -0.137. The Morgan fingerprint density at radius 2 is 2.10 bits per heavy atom. The number of hydrogen-bond donors (Lipinski definition) is 2. The zero-order chi connectivity index (χ0) is 15.1. The molecule has 1 atom stereocenters. The van der Waals surface area contributed by atoms with Crippen molar-refractivity contribution in [3.63, 3.8) is 0 Å². The van der Waals surface area contributed by atoms with Crippen molar-refractivity contribution in [2.24, 2.45) is 5.92 Å². The number of ether oxygens (including phenoxy) is 1. The first kappa shape index (κ1) is 16.0. The lowest BCUT2D eigenvalue weighted by Crippen LogP contribution is -2.50. The molecular formula is C17H25NO3. The Morgan fingerprint density at radius 1 is 1.38 bits per heavy atom. The Balaban J connectivity index is 2.07. The van der Waals surface area contributed by atoms with Gasteiger partial charge in [-0.1, -0.05) is 37.3 Å². The van der Waals surface area contributed by atoms with E-state index in [1.807, 2.05) is 37.3 Å². The van der Waals surface area contributed by atoms with E-state index in [0.717, 1.165) is 18.6 Å². The van der Waals surface area contributed by atoms with E-state index < -0.39 is 11.5 Å². The third kappa shape index (κ3) is 4.29. The summed E-state index contributed by atoms with van der Waals surface area (Å²) in [6.45, 7) is 3.94. The van der Waals surface area contributed by atoms with E-state index in [2.05, 4.69) is 5.32 Å². The van der Waals surface area contributed by atoms with Gasteiger partial charge in [0.05, 0.1) is 0 Å². The maximum atomic E-state index is 12.0. The molecule has 1 aliphatic rings. The van der Waals surface area contributed by atoms with Crippen LogP contribution < -0.4 is 5.32 Å². The average molecular weight is 291 g/mol. The zero-order valence-electron chi connectivity index (χ0n) is 12.7. The van der Waals surface area contributed by atoms with E-state index >= 15 is 0 Å². The van der Waals surface area contributed by atoms with Crippen LogP contribution in [0.1, 0.15) is 38.2 Å². The first-order chi connectivity index (χ1) is 10.2. The Hall–Kier alpha value is -1.39. The van der Waals surface area contributed by atoms with E-state index in [-0.39, 0.29) is 0 Å². The molecule has 116 valence electrons. The fourth-order valence-corrected chi connectivity index (χ4v) is 2.46. The Labute approximate surface area is 126 Å². The second-order valence-corrected chi connectivity index (χ2v) is 5.77. The number of aliphatic carboxylic acids is 1. The van der Waals surface area contributed by atoms with Crippen LogP contribution in [0.2, 0.25) is 0 Å². The van der Waals surface area contributed by atoms with E-state index in [9.17, 15) is 9.90 Å². The summed E-state index contributed by atoms with van der Waals surface area (Å²) in [4.78, 5) is 12.0. The average Bonchev–Trinajstić information content (AvgIpc) is 3.31. The van der Waals surface area contributed by atoms with Gasteiger partial charge in [0.25, 0.3) is 0 Å². The van der Waals surface area contributed by atoms with Gasteiger partial charge in [0.2, 0.25) is 0 Å². The fourth-order valence-electron chi connectivity index (χ4n) is 2.46. The minimum atomic E-state index is -1.05. The predicted octanol–water partition coefficient (Wildman–Crippen LogP) is 2.78. The summed E-state index contributed by atoms with van der Waals surface area (Å²) in [6.07, 6.45) is 3.83. The van der Waals surface area contributed by atoms with Gasteiger partial charge >= 0.3 is 5.97 Å². The molecule has 1 aliphatic carbocycles. The molecule has 1 aromatic carbocycles. The molecule has 1 unspecified atom stereocenters. The predicted molar refractivity (Wildman–Crippen MR) is 82.2 cm³/mol. The van der Waals surface area contributed by atoms with Crippen LogP contribution in [0.5, 0.6) is 0 Å². The van der Waals surface area contributed by atoms with Crippen LogP contribution in [0.4, 0.5) is 0 Å². The lowest BCUT2D eigenvalue weighted by Gasteiger charge is -2.31. The molecule has 1 aromatic rings. The Morgan fingerprint density at radius 3 is 2.67 bits per heavy atom. The maximum Gasteiger partial charge on any atom is 0.328 e. The van der Waals surface area contributed by atoms with Gasteiger partial charge in [-0.2, -0.15) is 0 Å². The summed E-state index contributed by atoms with van der Waals surface area (Å²) in [5.41, 5.74) is -0.262. The van der Waals surface area contributed by atoms with Gasteiger partial charge in [-0.25, -0.2) is 4.79 Å². The second-order valence-electron chi connectivity index (χ2n) is 5.77. The van der Waals surface area contributed by atoms with Gasteiger partial charge in [-0.3, -0.25) is 5.32 Å². The van der Waals surface area contributed by atoms with Gasteiger partial charge in [0.15, 0.2) is 0 Å². The van der Waals surface area contributed by atoms with Crippen LogP contribution >= 0.6 is 0 Å². The van der Waals surface area contributed by atoms with Crippen molar-refractivity contribution >= 4 is 5.97 Å². The number of benzene rings is 1. The number of hydrogen-bond acceptors (Lipinski definition) is 3. The maximum absolute atomic E-state index is 12.0. The molecule has 2 rings (SSSR count). The summed E-state index contributed by atoms with van der Waals surface area (Å²) < 4.78 is 5.66. The first-order valence-corrected chi connectivity index (χ1v) is 7.80. The van der Waals surface area contributed by atoms with Crippen molar-refractivity contribution in [1.82, 2.24) is 5.32 Å².